The Kier molecular flexibility index (Phi) is 4.24. The van der Waals surface area contributed by atoms with Gasteiger partial charge < -0.3 is 0 Å². The summed E-state index contributed by atoms with van der Waals surface area (Å²) >= 11 is 0. The minimum absolute atomic E-state index is 0.157. The van der Waals surface area contributed by atoms with Crippen LogP contribution in [0.1, 0.15) is 18.4 Å². The molecule has 0 amide bonds. The van der Waals surface area contributed by atoms with Crippen molar-refractivity contribution in [3.05, 3.63) is 48.6 Å². The van der Waals surface area contributed by atoms with Gasteiger partial charge in [0.2, 0.25) is 0 Å². The van der Waals surface area contributed by atoms with Crippen molar-refractivity contribution in [1.29, 1.82) is 0 Å². The molecule has 0 saturated heterocycles. The second-order valence-electron chi connectivity index (χ2n) is 4.99. The van der Waals surface area contributed by atoms with Crippen LogP contribution in [-0.4, -0.2) is 24.2 Å². The van der Waals surface area contributed by atoms with Crippen LogP contribution in [0.15, 0.2) is 41.9 Å². The van der Waals surface area contributed by atoms with E-state index in [2.05, 4.69) is 11.6 Å². The predicted molar refractivity (Wildman–Crippen MR) is 85.0 cm³/mol. The Hall–Kier alpha value is -1.59. The van der Waals surface area contributed by atoms with Crippen LogP contribution in [-0.2, 0) is 15.5 Å². The van der Waals surface area contributed by atoms with Crippen molar-refractivity contribution in [1.82, 2.24) is 9.55 Å². The summed E-state index contributed by atoms with van der Waals surface area (Å²) in [6, 6.07) is 5.92. The van der Waals surface area contributed by atoms with Crippen molar-refractivity contribution in [3.8, 4) is 5.69 Å². The summed E-state index contributed by atoms with van der Waals surface area (Å²) in [5.41, 5.74) is -2.50. The fourth-order valence-electron chi connectivity index (χ4n) is 1.89. The summed E-state index contributed by atoms with van der Waals surface area (Å²) in [6.45, 7) is 5.39. The number of sulfone groups is 1. The molecule has 0 bridgehead atoms. The van der Waals surface area contributed by atoms with Crippen LogP contribution in [0.5, 0.6) is 0 Å². The molecule has 1 aromatic heterocycles. The van der Waals surface area contributed by atoms with Crippen LogP contribution >= 0.6 is 9.24 Å². The molecule has 0 fully saturated rings. The maximum atomic E-state index is 13.4. The third-order valence-electron chi connectivity index (χ3n) is 2.97. The van der Waals surface area contributed by atoms with Gasteiger partial charge in [0, 0.05) is 18.1 Å². The van der Waals surface area contributed by atoms with Gasteiger partial charge in [-0.2, -0.15) is 8.78 Å². The Labute approximate surface area is 130 Å². The quantitative estimate of drug-likeness (QED) is 0.800. The standard InChI is InChI=1S/C14H15F2N2O2PS/c1-9(2)13-17-12(14(15,16)21)8-18(13)10-4-6-11(7-5-10)22(3,19)20/h4-8H,1,21H2,2-3H3. The van der Waals surface area contributed by atoms with Crippen molar-refractivity contribution in [3.63, 3.8) is 0 Å². The molecule has 0 aliphatic heterocycles. The Morgan fingerprint density at radius 3 is 2.27 bits per heavy atom. The van der Waals surface area contributed by atoms with Gasteiger partial charge in [0.05, 0.1) is 4.90 Å². The smallest absolute Gasteiger partial charge is 0.300 e. The lowest BCUT2D eigenvalue weighted by atomic mass is 10.3. The van der Waals surface area contributed by atoms with E-state index in [0.29, 0.717) is 17.1 Å². The SMILES string of the molecule is C=C(C)c1nc(C(F)(F)P)cn1-c1ccc(S(C)(=O)=O)cc1. The highest BCUT2D eigenvalue weighted by Crippen LogP contribution is 2.35. The Morgan fingerprint density at radius 1 is 1.32 bits per heavy atom. The van der Waals surface area contributed by atoms with E-state index in [1.807, 2.05) is 0 Å². The summed E-state index contributed by atoms with van der Waals surface area (Å²) in [7, 11) is -1.87. The molecule has 0 spiro atoms. The van der Waals surface area contributed by atoms with Crippen LogP contribution in [0.4, 0.5) is 8.78 Å². The van der Waals surface area contributed by atoms with Gasteiger partial charge in [0.25, 0.3) is 0 Å². The van der Waals surface area contributed by atoms with Gasteiger partial charge in [0.15, 0.2) is 9.84 Å². The van der Waals surface area contributed by atoms with E-state index in [9.17, 15) is 17.2 Å². The molecular weight excluding hydrogens is 329 g/mol. The summed E-state index contributed by atoms with van der Waals surface area (Å²) in [4.78, 5) is 4.06. The predicted octanol–water partition coefficient (Wildman–Crippen LogP) is 3.23. The topological polar surface area (TPSA) is 52.0 Å². The monoisotopic (exact) mass is 344 g/mol. The van der Waals surface area contributed by atoms with Crippen LogP contribution in [0, 0.1) is 0 Å². The van der Waals surface area contributed by atoms with Gasteiger partial charge in [-0.3, -0.25) is 4.57 Å². The van der Waals surface area contributed by atoms with E-state index in [1.54, 1.807) is 6.92 Å². The van der Waals surface area contributed by atoms with E-state index in [1.165, 1.54) is 44.3 Å². The van der Waals surface area contributed by atoms with Crippen LogP contribution in [0.25, 0.3) is 11.3 Å². The lowest BCUT2D eigenvalue weighted by Crippen LogP contribution is -2.02. The molecule has 2 rings (SSSR count). The minimum Gasteiger partial charge on any atom is -0.300 e. The molecule has 0 aliphatic rings. The number of hydrogen-bond donors (Lipinski definition) is 0. The zero-order chi connectivity index (χ0) is 16.7. The molecule has 0 N–H and O–H groups in total. The highest BCUT2D eigenvalue weighted by molar-refractivity contribution is 7.90. The Morgan fingerprint density at radius 2 is 1.86 bits per heavy atom. The first-order valence-corrected chi connectivity index (χ1v) is 8.70. The van der Waals surface area contributed by atoms with Crippen LogP contribution in [0.2, 0.25) is 0 Å². The number of halogens is 2. The van der Waals surface area contributed by atoms with Crippen LogP contribution < -0.4 is 0 Å². The van der Waals surface area contributed by atoms with Gasteiger partial charge >= 0.3 is 5.66 Å². The van der Waals surface area contributed by atoms with E-state index < -0.39 is 21.2 Å². The third-order valence-corrected chi connectivity index (χ3v) is 4.40. The summed E-state index contributed by atoms with van der Waals surface area (Å²) in [5.74, 6) is 0.296. The number of aromatic nitrogens is 2. The number of rotatable bonds is 4. The fourth-order valence-corrected chi connectivity index (χ4v) is 2.66. The van der Waals surface area contributed by atoms with Gasteiger partial charge in [-0.25, -0.2) is 13.4 Å². The molecule has 2 aromatic rings. The minimum atomic E-state index is -3.31. The van der Waals surface area contributed by atoms with Crippen molar-refractivity contribution in [2.75, 3.05) is 6.26 Å². The Bertz CT molecular complexity index is 822. The summed E-state index contributed by atoms with van der Waals surface area (Å²) in [5, 5.41) is 0. The molecule has 22 heavy (non-hydrogen) atoms. The largest absolute Gasteiger partial charge is 0.301 e. The van der Waals surface area contributed by atoms with Crippen molar-refractivity contribution in [2.24, 2.45) is 0 Å². The molecule has 0 aliphatic carbocycles. The average Bonchev–Trinajstić information content (AvgIpc) is 2.82. The van der Waals surface area contributed by atoms with E-state index in [4.69, 9.17) is 0 Å². The van der Waals surface area contributed by atoms with Gasteiger partial charge in [-0.05, 0) is 36.8 Å². The lowest BCUT2D eigenvalue weighted by molar-refractivity contribution is 0.0990. The highest BCUT2D eigenvalue weighted by atomic mass is 32.2. The average molecular weight is 344 g/mol. The zero-order valence-electron chi connectivity index (χ0n) is 12.0. The fraction of sp³-hybridized carbons (Fsp3) is 0.214. The van der Waals surface area contributed by atoms with E-state index in [-0.39, 0.29) is 4.90 Å². The van der Waals surface area contributed by atoms with Gasteiger partial charge in [-0.1, -0.05) is 15.8 Å². The number of hydrogen-bond acceptors (Lipinski definition) is 3. The highest BCUT2D eigenvalue weighted by Gasteiger charge is 2.29. The van der Waals surface area contributed by atoms with Gasteiger partial charge in [0.1, 0.15) is 11.5 Å². The number of benzene rings is 1. The molecule has 4 nitrogen and oxygen atoms in total. The Balaban J connectivity index is 2.57. The van der Waals surface area contributed by atoms with E-state index >= 15 is 0 Å². The summed E-state index contributed by atoms with van der Waals surface area (Å²) < 4.78 is 51.2. The van der Waals surface area contributed by atoms with Crippen molar-refractivity contribution in [2.45, 2.75) is 17.5 Å². The molecular formula is C14H15F2N2O2PS. The molecule has 0 radical (unpaired) electrons. The zero-order valence-corrected chi connectivity index (χ0v) is 14.0. The second-order valence-corrected chi connectivity index (χ2v) is 7.73. The van der Waals surface area contributed by atoms with Gasteiger partial charge in [-0.15, -0.1) is 0 Å². The number of nitrogens with zero attached hydrogens (tertiary/aromatic N) is 2. The molecule has 1 unspecified atom stereocenters. The third kappa shape index (κ3) is 3.42. The molecule has 1 atom stereocenters. The van der Waals surface area contributed by atoms with Crippen molar-refractivity contribution >= 4 is 24.7 Å². The lowest BCUT2D eigenvalue weighted by Gasteiger charge is -2.08. The molecule has 0 saturated carbocycles. The maximum Gasteiger partial charge on any atom is 0.301 e. The summed E-state index contributed by atoms with van der Waals surface area (Å²) in [6.07, 6.45) is 2.32. The number of allylic oxidation sites excluding steroid dienone is 1. The first-order valence-electron chi connectivity index (χ1n) is 6.23. The van der Waals surface area contributed by atoms with Crippen LogP contribution in [0.3, 0.4) is 0 Å². The van der Waals surface area contributed by atoms with E-state index in [0.717, 1.165) is 6.26 Å². The molecule has 1 heterocycles. The number of imidazole rings is 1. The maximum absolute atomic E-state index is 13.4. The molecule has 8 heteroatoms. The first kappa shape index (κ1) is 16.8. The van der Waals surface area contributed by atoms with Crippen molar-refractivity contribution < 1.29 is 17.2 Å². The second kappa shape index (κ2) is 5.56. The number of alkyl halides is 2. The molecule has 118 valence electrons. The normalized spacial score (nSPS) is 12.4. The molecule has 1 aromatic carbocycles. The first-order chi connectivity index (χ1) is 10.00.